The largest absolute Gasteiger partial charge is 0.339 e. The number of nitrogens with one attached hydrogen (secondary N) is 2. The minimum Gasteiger partial charge on any atom is -0.339 e. The van der Waals surface area contributed by atoms with Gasteiger partial charge in [0.05, 0.1) is 5.69 Å². The highest BCUT2D eigenvalue weighted by molar-refractivity contribution is 6.05. The van der Waals surface area contributed by atoms with Crippen LogP contribution in [0.1, 0.15) is 69.9 Å². The third-order valence-corrected chi connectivity index (χ3v) is 8.57. The number of carbonyl (C=O) groups excluding carboxylic acids is 2. The van der Waals surface area contributed by atoms with E-state index in [1.807, 2.05) is 66.4 Å². The van der Waals surface area contributed by atoms with Crippen molar-refractivity contribution in [3.05, 3.63) is 101 Å². The Bertz CT molecular complexity index is 1780. The van der Waals surface area contributed by atoms with Crippen molar-refractivity contribution in [3.63, 3.8) is 0 Å². The number of rotatable bonds is 6. The summed E-state index contributed by atoms with van der Waals surface area (Å²) in [5.74, 6) is 0.632. The predicted octanol–water partition coefficient (Wildman–Crippen LogP) is 7.36. The zero-order chi connectivity index (χ0) is 28.6. The zero-order valence-corrected chi connectivity index (χ0v) is 23.7. The predicted molar refractivity (Wildman–Crippen MR) is 166 cm³/mol. The number of H-pyrrole nitrogens is 1. The molecule has 2 N–H and O–H groups in total. The van der Waals surface area contributed by atoms with Crippen molar-refractivity contribution in [2.24, 2.45) is 0 Å². The molecule has 7 nitrogen and oxygen atoms in total. The summed E-state index contributed by atoms with van der Waals surface area (Å²) in [6.45, 7) is 3.67. The first kappa shape index (κ1) is 26.1. The van der Waals surface area contributed by atoms with Crippen LogP contribution in [0.4, 0.5) is 5.69 Å². The highest BCUT2D eigenvalue weighted by Gasteiger charge is 2.23. The van der Waals surface area contributed by atoms with Gasteiger partial charge in [-0.2, -0.15) is 0 Å². The van der Waals surface area contributed by atoms with E-state index in [0.29, 0.717) is 17.0 Å². The fraction of sp³-hybridized carbons (Fsp3) is 0.257. The Morgan fingerprint density at radius 3 is 2.36 bits per heavy atom. The minimum atomic E-state index is -0.128. The summed E-state index contributed by atoms with van der Waals surface area (Å²) in [4.78, 5) is 40.5. The van der Waals surface area contributed by atoms with E-state index in [9.17, 15) is 9.59 Å². The second-order valence-electron chi connectivity index (χ2n) is 11.4. The van der Waals surface area contributed by atoms with Crippen LogP contribution >= 0.6 is 0 Å². The molecule has 3 aromatic carbocycles. The van der Waals surface area contributed by atoms with E-state index in [0.717, 1.165) is 70.7 Å². The van der Waals surface area contributed by atoms with Gasteiger partial charge >= 0.3 is 0 Å². The number of carbonyl (C=O) groups is 2. The van der Waals surface area contributed by atoms with Gasteiger partial charge in [-0.15, -0.1) is 0 Å². The third kappa shape index (κ3) is 5.07. The van der Waals surface area contributed by atoms with Crippen molar-refractivity contribution >= 4 is 28.5 Å². The second kappa shape index (κ2) is 10.9. The monoisotopic (exact) mass is 555 g/mol. The standard InChI is InChI=1S/C35H33N5O2/c1-22-28(6-5-7-30(22)39-34(41)26-14-10-24(11-15-26)23-8-9-23)32-29-20-31(38-33(29)37-21-36-32)25-12-16-27(17-13-25)35(42)40-18-3-2-4-19-40/h5-7,10-17,20-21,23H,2-4,8-9,18-19H2,1H3,(H,39,41)(H,36,37,38). The summed E-state index contributed by atoms with van der Waals surface area (Å²) in [6, 6.07) is 23.6. The number of nitrogens with zero attached hydrogens (tertiary/aromatic N) is 3. The summed E-state index contributed by atoms with van der Waals surface area (Å²) in [5.41, 5.74) is 8.68. The molecule has 210 valence electrons. The molecule has 1 saturated heterocycles. The maximum Gasteiger partial charge on any atom is 0.255 e. The highest BCUT2D eigenvalue weighted by atomic mass is 16.2. The number of hydrogen-bond acceptors (Lipinski definition) is 4. The number of aromatic nitrogens is 3. The van der Waals surface area contributed by atoms with Crippen LogP contribution in [0.3, 0.4) is 0 Å². The molecule has 0 bridgehead atoms. The van der Waals surface area contributed by atoms with Crippen molar-refractivity contribution in [1.29, 1.82) is 0 Å². The maximum atomic E-state index is 13.1. The van der Waals surface area contributed by atoms with Crippen molar-refractivity contribution in [2.45, 2.75) is 44.9 Å². The summed E-state index contributed by atoms with van der Waals surface area (Å²) < 4.78 is 0. The number of benzene rings is 3. The van der Waals surface area contributed by atoms with Gasteiger partial charge in [-0.1, -0.05) is 36.4 Å². The summed E-state index contributed by atoms with van der Waals surface area (Å²) in [5, 5.41) is 3.99. The quantitative estimate of drug-likeness (QED) is 0.229. The number of piperidine rings is 1. The van der Waals surface area contributed by atoms with Crippen LogP contribution in [-0.2, 0) is 0 Å². The first-order valence-electron chi connectivity index (χ1n) is 14.8. The molecule has 7 heteroatoms. The number of likely N-dealkylation sites (tertiary alicyclic amines) is 1. The molecular weight excluding hydrogens is 522 g/mol. The van der Waals surface area contributed by atoms with Crippen molar-refractivity contribution in [3.8, 4) is 22.5 Å². The lowest BCUT2D eigenvalue weighted by Gasteiger charge is -2.26. The fourth-order valence-electron chi connectivity index (χ4n) is 5.93. The Kier molecular flexibility index (Phi) is 6.78. The Morgan fingerprint density at radius 2 is 1.62 bits per heavy atom. The minimum absolute atomic E-state index is 0.101. The van der Waals surface area contributed by atoms with Crippen LogP contribution in [0.15, 0.2) is 79.1 Å². The first-order valence-corrected chi connectivity index (χ1v) is 14.8. The molecule has 42 heavy (non-hydrogen) atoms. The van der Waals surface area contributed by atoms with Gasteiger partial charge < -0.3 is 15.2 Å². The molecule has 0 spiro atoms. The lowest BCUT2D eigenvalue weighted by Crippen LogP contribution is -2.35. The highest BCUT2D eigenvalue weighted by Crippen LogP contribution is 2.40. The molecule has 1 aliphatic carbocycles. The number of aromatic amines is 1. The summed E-state index contributed by atoms with van der Waals surface area (Å²) in [6.07, 6.45) is 7.38. The molecule has 7 rings (SSSR count). The SMILES string of the molecule is Cc1c(NC(=O)c2ccc(C3CC3)cc2)cccc1-c1ncnc2[nH]c(-c3ccc(C(=O)N4CCCCC4)cc3)cc12. The van der Waals surface area contributed by atoms with Gasteiger partial charge in [0.15, 0.2) is 0 Å². The molecule has 2 aromatic heterocycles. The fourth-order valence-corrected chi connectivity index (χ4v) is 5.93. The Morgan fingerprint density at radius 1 is 0.881 bits per heavy atom. The Labute approximate surface area is 245 Å². The normalized spacial score (nSPS) is 15.1. The van der Waals surface area contributed by atoms with Crippen molar-refractivity contribution < 1.29 is 9.59 Å². The van der Waals surface area contributed by atoms with Gasteiger partial charge in [0.2, 0.25) is 0 Å². The smallest absolute Gasteiger partial charge is 0.255 e. The van der Waals surface area contributed by atoms with Gasteiger partial charge in [0.1, 0.15) is 12.0 Å². The topological polar surface area (TPSA) is 91.0 Å². The Hall–Kier alpha value is -4.78. The van der Waals surface area contributed by atoms with Crippen LogP contribution in [0.25, 0.3) is 33.5 Å². The molecule has 2 amide bonds. The zero-order valence-electron chi connectivity index (χ0n) is 23.7. The molecule has 2 fully saturated rings. The number of fused-ring (bicyclic) bond motifs is 1. The average molecular weight is 556 g/mol. The summed E-state index contributed by atoms with van der Waals surface area (Å²) >= 11 is 0. The summed E-state index contributed by atoms with van der Waals surface area (Å²) in [7, 11) is 0. The number of amides is 2. The van der Waals surface area contributed by atoms with Crippen LogP contribution in [0.2, 0.25) is 0 Å². The molecule has 3 heterocycles. The van der Waals surface area contributed by atoms with Crippen LogP contribution in [0, 0.1) is 6.92 Å². The molecule has 0 unspecified atom stereocenters. The van der Waals surface area contributed by atoms with E-state index in [4.69, 9.17) is 0 Å². The molecule has 2 aliphatic rings. The van der Waals surface area contributed by atoms with Gasteiger partial charge in [0, 0.05) is 46.5 Å². The molecule has 0 radical (unpaired) electrons. The molecule has 0 atom stereocenters. The average Bonchev–Trinajstić information content (AvgIpc) is 3.80. The van der Waals surface area contributed by atoms with Crippen LogP contribution in [-0.4, -0.2) is 44.8 Å². The Balaban J connectivity index is 1.14. The van der Waals surface area contributed by atoms with Gasteiger partial charge in [-0.3, -0.25) is 9.59 Å². The molecular formula is C35H33N5O2. The first-order chi connectivity index (χ1) is 20.5. The number of hydrogen-bond donors (Lipinski definition) is 2. The second-order valence-corrected chi connectivity index (χ2v) is 11.4. The molecule has 1 saturated carbocycles. The lowest BCUT2D eigenvalue weighted by atomic mass is 10.0. The van der Waals surface area contributed by atoms with Crippen molar-refractivity contribution in [2.75, 3.05) is 18.4 Å². The molecule has 5 aromatic rings. The van der Waals surface area contributed by atoms with Crippen LogP contribution < -0.4 is 5.32 Å². The van der Waals surface area contributed by atoms with Gasteiger partial charge in [-0.25, -0.2) is 9.97 Å². The van der Waals surface area contributed by atoms with E-state index in [2.05, 4.69) is 38.5 Å². The van der Waals surface area contributed by atoms with E-state index in [1.54, 1.807) is 6.33 Å². The van der Waals surface area contributed by atoms with Crippen LogP contribution in [0.5, 0.6) is 0 Å². The van der Waals surface area contributed by atoms with E-state index >= 15 is 0 Å². The van der Waals surface area contributed by atoms with Gasteiger partial charge in [0.25, 0.3) is 11.8 Å². The van der Waals surface area contributed by atoms with E-state index in [1.165, 1.54) is 24.8 Å². The van der Waals surface area contributed by atoms with Gasteiger partial charge in [-0.05, 0) is 98.0 Å². The maximum absolute atomic E-state index is 13.1. The number of anilines is 1. The lowest BCUT2D eigenvalue weighted by molar-refractivity contribution is 0.0724. The van der Waals surface area contributed by atoms with E-state index < -0.39 is 0 Å². The van der Waals surface area contributed by atoms with E-state index in [-0.39, 0.29) is 11.8 Å². The third-order valence-electron chi connectivity index (χ3n) is 8.57. The molecule has 1 aliphatic heterocycles. The van der Waals surface area contributed by atoms with Crippen molar-refractivity contribution in [1.82, 2.24) is 19.9 Å².